The maximum Gasteiger partial charge on any atom is 0.0722 e. The van der Waals surface area contributed by atoms with E-state index in [4.69, 9.17) is 0 Å². The molecule has 0 spiro atoms. The van der Waals surface area contributed by atoms with Crippen molar-refractivity contribution in [3.05, 3.63) is 65.0 Å². The zero-order valence-corrected chi connectivity index (χ0v) is 11.8. The van der Waals surface area contributed by atoms with Gasteiger partial charge in [0.1, 0.15) is 0 Å². The summed E-state index contributed by atoms with van der Waals surface area (Å²) in [4.78, 5) is 8.70. The van der Waals surface area contributed by atoms with E-state index in [2.05, 4.69) is 43.3 Å². The van der Waals surface area contributed by atoms with Crippen molar-refractivity contribution >= 4 is 32.5 Å². The van der Waals surface area contributed by atoms with Crippen LogP contribution in [0.15, 0.2) is 59.3 Å². The molecule has 0 aliphatic rings. The van der Waals surface area contributed by atoms with Crippen molar-refractivity contribution in [2.75, 3.05) is 5.32 Å². The van der Waals surface area contributed by atoms with E-state index in [0.29, 0.717) is 6.54 Å². The summed E-state index contributed by atoms with van der Waals surface area (Å²) < 4.78 is 0.991. The molecule has 2 heterocycles. The number of hydrogen-bond donors (Lipinski definition) is 1. The molecule has 1 N–H and O–H groups in total. The number of fused-ring (bicyclic) bond motifs is 1. The Morgan fingerprint density at radius 2 is 1.95 bits per heavy atom. The van der Waals surface area contributed by atoms with Crippen LogP contribution in [-0.4, -0.2) is 9.97 Å². The highest BCUT2D eigenvalue weighted by atomic mass is 79.9. The van der Waals surface area contributed by atoms with Crippen molar-refractivity contribution in [1.82, 2.24) is 9.97 Å². The standard InChI is InChI=1S/C15H12BrN3/c16-11-6-7-12(18-9-11)10-19-15-5-1-4-14-13(15)3-2-8-17-14/h1-9,19H,10H2. The van der Waals surface area contributed by atoms with E-state index in [-0.39, 0.29) is 0 Å². The first kappa shape index (κ1) is 12.1. The van der Waals surface area contributed by atoms with Crippen molar-refractivity contribution in [2.45, 2.75) is 6.54 Å². The Morgan fingerprint density at radius 1 is 1.00 bits per heavy atom. The molecule has 0 radical (unpaired) electrons. The quantitative estimate of drug-likeness (QED) is 0.794. The molecule has 3 rings (SSSR count). The molecule has 3 aromatic rings. The summed E-state index contributed by atoms with van der Waals surface area (Å²) in [6, 6.07) is 14.1. The molecule has 0 aliphatic carbocycles. The van der Waals surface area contributed by atoms with Gasteiger partial charge >= 0.3 is 0 Å². The second-order valence-corrected chi connectivity index (χ2v) is 5.11. The van der Waals surface area contributed by atoms with Gasteiger partial charge in [0, 0.05) is 27.9 Å². The lowest BCUT2D eigenvalue weighted by Gasteiger charge is -2.09. The molecule has 0 atom stereocenters. The third kappa shape index (κ3) is 2.74. The molecule has 0 saturated heterocycles. The molecule has 94 valence electrons. The van der Waals surface area contributed by atoms with Gasteiger partial charge in [0.25, 0.3) is 0 Å². The number of rotatable bonds is 3. The second kappa shape index (κ2) is 5.36. The van der Waals surface area contributed by atoms with E-state index in [0.717, 1.165) is 26.8 Å². The number of aromatic nitrogens is 2. The van der Waals surface area contributed by atoms with E-state index < -0.39 is 0 Å². The topological polar surface area (TPSA) is 37.8 Å². The van der Waals surface area contributed by atoms with E-state index in [9.17, 15) is 0 Å². The summed E-state index contributed by atoms with van der Waals surface area (Å²) in [7, 11) is 0. The summed E-state index contributed by atoms with van der Waals surface area (Å²) in [5.41, 5.74) is 3.08. The number of anilines is 1. The minimum atomic E-state index is 0.696. The van der Waals surface area contributed by atoms with Gasteiger partial charge in [0.2, 0.25) is 0 Å². The monoisotopic (exact) mass is 313 g/mol. The first-order valence-electron chi connectivity index (χ1n) is 6.01. The molecule has 1 aromatic carbocycles. The zero-order valence-electron chi connectivity index (χ0n) is 10.2. The van der Waals surface area contributed by atoms with Crippen LogP contribution in [0.25, 0.3) is 10.9 Å². The molecule has 0 unspecified atom stereocenters. The predicted molar refractivity (Wildman–Crippen MR) is 81.0 cm³/mol. The van der Waals surface area contributed by atoms with Crippen molar-refractivity contribution < 1.29 is 0 Å². The summed E-state index contributed by atoms with van der Waals surface area (Å²) in [6.07, 6.45) is 3.62. The number of pyridine rings is 2. The zero-order chi connectivity index (χ0) is 13.1. The van der Waals surface area contributed by atoms with E-state index >= 15 is 0 Å². The van der Waals surface area contributed by atoms with Gasteiger partial charge < -0.3 is 5.32 Å². The first-order valence-corrected chi connectivity index (χ1v) is 6.80. The maximum atomic E-state index is 4.35. The predicted octanol–water partition coefficient (Wildman–Crippen LogP) is 4.00. The van der Waals surface area contributed by atoms with Crippen LogP contribution in [0, 0.1) is 0 Å². The highest BCUT2D eigenvalue weighted by Gasteiger charge is 2.01. The van der Waals surface area contributed by atoms with Crippen LogP contribution in [0.4, 0.5) is 5.69 Å². The number of nitrogens with zero attached hydrogens (tertiary/aromatic N) is 2. The smallest absolute Gasteiger partial charge is 0.0722 e. The fourth-order valence-electron chi connectivity index (χ4n) is 1.95. The number of benzene rings is 1. The Balaban J connectivity index is 1.84. The van der Waals surface area contributed by atoms with Crippen LogP contribution in [0.1, 0.15) is 5.69 Å². The minimum Gasteiger partial charge on any atom is -0.379 e. The molecular weight excluding hydrogens is 302 g/mol. The van der Waals surface area contributed by atoms with Crippen molar-refractivity contribution in [3.8, 4) is 0 Å². The lowest BCUT2D eigenvalue weighted by Crippen LogP contribution is -2.01. The van der Waals surface area contributed by atoms with Gasteiger partial charge in [-0.25, -0.2) is 0 Å². The minimum absolute atomic E-state index is 0.696. The average molecular weight is 314 g/mol. The lowest BCUT2D eigenvalue weighted by molar-refractivity contribution is 1.04. The van der Waals surface area contributed by atoms with E-state index in [1.807, 2.05) is 42.7 Å². The summed E-state index contributed by atoms with van der Waals surface area (Å²) in [5.74, 6) is 0. The third-order valence-electron chi connectivity index (χ3n) is 2.89. The van der Waals surface area contributed by atoms with Crippen molar-refractivity contribution in [1.29, 1.82) is 0 Å². The van der Waals surface area contributed by atoms with Crippen LogP contribution in [-0.2, 0) is 6.54 Å². The highest BCUT2D eigenvalue weighted by molar-refractivity contribution is 9.10. The van der Waals surface area contributed by atoms with E-state index in [1.54, 1.807) is 0 Å². The molecule has 0 bridgehead atoms. The fourth-order valence-corrected chi connectivity index (χ4v) is 2.19. The van der Waals surface area contributed by atoms with Gasteiger partial charge in [0.15, 0.2) is 0 Å². The SMILES string of the molecule is Brc1ccc(CNc2cccc3ncccc23)nc1. The summed E-state index contributed by atoms with van der Waals surface area (Å²) >= 11 is 3.38. The molecule has 3 nitrogen and oxygen atoms in total. The normalized spacial score (nSPS) is 10.6. The Hall–Kier alpha value is -1.94. The summed E-state index contributed by atoms with van der Waals surface area (Å²) in [5, 5.41) is 4.53. The van der Waals surface area contributed by atoms with Crippen molar-refractivity contribution in [2.24, 2.45) is 0 Å². The maximum absolute atomic E-state index is 4.35. The Morgan fingerprint density at radius 3 is 2.79 bits per heavy atom. The van der Waals surface area contributed by atoms with Crippen molar-refractivity contribution in [3.63, 3.8) is 0 Å². The summed E-state index contributed by atoms with van der Waals surface area (Å²) in [6.45, 7) is 0.696. The van der Waals surface area contributed by atoms with Crippen LogP contribution >= 0.6 is 15.9 Å². The molecule has 0 aliphatic heterocycles. The Labute approximate surface area is 119 Å². The largest absolute Gasteiger partial charge is 0.379 e. The highest BCUT2D eigenvalue weighted by Crippen LogP contribution is 2.21. The molecular formula is C15H12BrN3. The molecule has 0 saturated carbocycles. The first-order chi connectivity index (χ1) is 9.33. The average Bonchev–Trinajstić information content (AvgIpc) is 2.47. The molecule has 0 fully saturated rings. The third-order valence-corrected chi connectivity index (χ3v) is 3.36. The van der Waals surface area contributed by atoms with Gasteiger partial charge in [-0.15, -0.1) is 0 Å². The van der Waals surface area contributed by atoms with Crippen LogP contribution in [0.2, 0.25) is 0 Å². The van der Waals surface area contributed by atoms with Gasteiger partial charge in [-0.05, 0) is 52.3 Å². The van der Waals surface area contributed by atoms with Gasteiger partial charge in [-0.2, -0.15) is 0 Å². The second-order valence-electron chi connectivity index (χ2n) is 4.20. The Bertz CT molecular complexity index is 690. The number of hydrogen-bond acceptors (Lipinski definition) is 3. The number of nitrogens with one attached hydrogen (secondary N) is 1. The molecule has 0 amide bonds. The van der Waals surface area contributed by atoms with Crippen LogP contribution in [0.3, 0.4) is 0 Å². The molecule has 19 heavy (non-hydrogen) atoms. The molecule has 2 aromatic heterocycles. The fraction of sp³-hybridized carbons (Fsp3) is 0.0667. The van der Waals surface area contributed by atoms with Gasteiger partial charge in [-0.3, -0.25) is 9.97 Å². The van der Waals surface area contributed by atoms with E-state index in [1.165, 1.54) is 0 Å². The Kier molecular flexibility index (Phi) is 3.42. The lowest BCUT2D eigenvalue weighted by atomic mass is 10.2. The van der Waals surface area contributed by atoms with Crippen LogP contribution < -0.4 is 5.32 Å². The van der Waals surface area contributed by atoms with Gasteiger partial charge in [0.05, 0.1) is 17.8 Å². The molecule has 4 heteroatoms. The van der Waals surface area contributed by atoms with Gasteiger partial charge in [-0.1, -0.05) is 6.07 Å². The van der Waals surface area contributed by atoms with Crippen LogP contribution in [0.5, 0.6) is 0 Å². The number of halogens is 1.